The molecule has 1 amide bonds. The van der Waals surface area contributed by atoms with E-state index in [1.807, 2.05) is 20.8 Å². The first-order valence-corrected chi connectivity index (χ1v) is 11.3. The van der Waals surface area contributed by atoms with Gasteiger partial charge in [0.25, 0.3) is 0 Å². The summed E-state index contributed by atoms with van der Waals surface area (Å²) < 4.78 is 17.3. The number of methoxy groups -OCH3 is 1. The molecule has 0 aliphatic carbocycles. The van der Waals surface area contributed by atoms with E-state index in [9.17, 15) is 4.79 Å². The van der Waals surface area contributed by atoms with Crippen molar-refractivity contribution in [2.24, 2.45) is 0 Å². The largest absolute Gasteiger partial charge is 0.444 e. The van der Waals surface area contributed by atoms with E-state index < -0.39 is 13.9 Å². The maximum Gasteiger partial charge on any atom is 0.410 e. The molecule has 5 nitrogen and oxygen atoms in total. The first kappa shape index (κ1) is 20.5. The molecule has 0 aromatic heterocycles. The lowest BCUT2D eigenvalue weighted by molar-refractivity contribution is 0.0138. The molecule has 0 spiro atoms. The van der Waals surface area contributed by atoms with Crippen LogP contribution in [0.1, 0.15) is 48.0 Å². The maximum atomic E-state index is 12.5. The molecule has 23 heavy (non-hydrogen) atoms. The molecule has 1 rings (SSSR count). The van der Waals surface area contributed by atoms with E-state index >= 15 is 0 Å². The van der Waals surface area contributed by atoms with Crippen LogP contribution in [0.4, 0.5) is 4.79 Å². The molecular weight excluding hydrogens is 310 g/mol. The van der Waals surface area contributed by atoms with Crippen molar-refractivity contribution in [2.45, 2.75) is 83.8 Å². The predicted molar refractivity (Wildman–Crippen MR) is 95.3 cm³/mol. The number of rotatable bonds is 4. The zero-order valence-electron chi connectivity index (χ0n) is 16.4. The minimum atomic E-state index is -1.85. The fraction of sp³-hybridized carbons (Fsp3) is 0.941. The van der Waals surface area contributed by atoms with Gasteiger partial charge in [0.15, 0.2) is 8.32 Å². The van der Waals surface area contributed by atoms with Gasteiger partial charge in [-0.1, -0.05) is 20.8 Å². The molecule has 6 heteroatoms. The lowest BCUT2D eigenvalue weighted by Crippen LogP contribution is -2.45. The average Bonchev–Trinajstić information content (AvgIpc) is 2.68. The number of carbonyl (C=O) groups excluding carboxylic acids is 1. The van der Waals surface area contributed by atoms with Crippen LogP contribution >= 0.6 is 0 Å². The third-order valence-electron chi connectivity index (χ3n) is 4.63. The number of carbonyl (C=O) groups is 1. The number of amides is 1. The second kappa shape index (κ2) is 7.11. The first-order chi connectivity index (χ1) is 10.3. The van der Waals surface area contributed by atoms with Crippen molar-refractivity contribution in [1.29, 1.82) is 0 Å². The summed E-state index contributed by atoms with van der Waals surface area (Å²) in [5.74, 6) is 0. The average molecular weight is 346 g/mol. The summed E-state index contributed by atoms with van der Waals surface area (Å²) in [6, 6.07) is 0.0182. The molecule has 136 valence electrons. The molecule has 0 bridgehead atoms. The number of likely N-dealkylation sites (tertiary alicyclic amines) is 1. The van der Waals surface area contributed by atoms with Crippen LogP contribution in [0.2, 0.25) is 18.1 Å². The molecule has 0 radical (unpaired) electrons. The quantitative estimate of drug-likeness (QED) is 0.722. The van der Waals surface area contributed by atoms with Gasteiger partial charge < -0.3 is 18.8 Å². The smallest absolute Gasteiger partial charge is 0.410 e. The summed E-state index contributed by atoms with van der Waals surface area (Å²) in [5.41, 5.74) is -0.493. The molecule has 0 N–H and O–H groups in total. The highest BCUT2D eigenvalue weighted by Crippen LogP contribution is 2.39. The van der Waals surface area contributed by atoms with Crippen LogP contribution in [0.15, 0.2) is 0 Å². The molecule has 0 aromatic rings. The minimum Gasteiger partial charge on any atom is -0.444 e. The van der Waals surface area contributed by atoms with Gasteiger partial charge in [-0.15, -0.1) is 0 Å². The molecule has 0 saturated carbocycles. The Bertz CT molecular complexity index is 412. The maximum absolute atomic E-state index is 12.5. The summed E-state index contributed by atoms with van der Waals surface area (Å²) in [6.45, 7) is 17.9. The first-order valence-electron chi connectivity index (χ1n) is 8.43. The third kappa shape index (κ3) is 5.76. The van der Waals surface area contributed by atoms with Crippen molar-refractivity contribution in [3.8, 4) is 0 Å². The van der Waals surface area contributed by atoms with E-state index in [-0.39, 0.29) is 23.3 Å². The van der Waals surface area contributed by atoms with Gasteiger partial charge in [-0.25, -0.2) is 4.79 Å². The van der Waals surface area contributed by atoms with Crippen LogP contribution in [-0.2, 0) is 13.9 Å². The van der Waals surface area contributed by atoms with Crippen LogP contribution in [0.25, 0.3) is 0 Å². The number of ether oxygens (including phenoxy) is 2. The summed E-state index contributed by atoms with van der Waals surface area (Å²) >= 11 is 0. The van der Waals surface area contributed by atoms with Crippen LogP contribution in [0, 0.1) is 0 Å². The lowest BCUT2D eigenvalue weighted by Gasteiger charge is -2.38. The van der Waals surface area contributed by atoms with Crippen LogP contribution in [0.5, 0.6) is 0 Å². The summed E-state index contributed by atoms with van der Waals surface area (Å²) in [7, 11) is -0.191. The Morgan fingerprint density at radius 2 is 1.74 bits per heavy atom. The fourth-order valence-corrected chi connectivity index (χ4v) is 3.80. The second-order valence-corrected chi connectivity index (χ2v) is 13.7. The zero-order valence-corrected chi connectivity index (χ0v) is 17.4. The van der Waals surface area contributed by atoms with Gasteiger partial charge in [-0.2, -0.15) is 0 Å². The van der Waals surface area contributed by atoms with Crippen LogP contribution < -0.4 is 0 Å². The Hall–Kier alpha value is -0.593. The van der Waals surface area contributed by atoms with E-state index in [4.69, 9.17) is 13.9 Å². The van der Waals surface area contributed by atoms with E-state index in [2.05, 4.69) is 33.9 Å². The molecule has 1 saturated heterocycles. The molecule has 0 unspecified atom stereocenters. The van der Waals surface area contributed by atoms with Crippen molar-refractivity contribution in [3.63, 3.8) is 0 Å². The Kier molecular flexibility index (Phi) is 6.32. The van der Waals surface area contributed by atoms with Gasteiger partial charge in [0.2, 0.25) is 0 Å². The van der Waals surface area contributed by atoms with Crippen molar-refractivity contribution >= 4 is 14.4 Å². The zero-order chi connectivity index (χ0) is 18.1. The monoisotopic (exact) mass is 345 g/mol. The minimum absolute atomic E-state index is 0.0182. The fourth-order valence-electron chi connectivity index (χ4n) is 2.45. The molecule has 1 aliphatic rings. The topological polar surface area (TPSA) is 48.0 Å². The van der Waals surface area contributed by atoms with E-state index in [1.54, 1.807) is 12.0 Å². The predicted octanol–water partition coefficient (Wildman–Crippen LogP) is 4.03. The van der Waals surface area contributed by atoms with Crippen molar-refractivity contribution in [2.75, 3.05) is 20.3 Å². The Labute approximate surface area is 142 Å². The Morgan fingerprint density at radius 3 is 2.17 bits per heavy atom. The summed E-state index contributed by atoms with van der Waals surface area (Å²) in [4.78, 5) is 14.2. The van der Waals surface area contributed by atoms with Crippen molar-refractivity contribution < 1.29 is 18.7 Å². The standard InChI is InChI=1S/C17H35NO4Si/c1-16(2,3)21-15(19)18-11-14(10-13(18)12-20-7)22-23(8,9)17(4,5)6/h13-14H,10-12H2,1-9H3/t13-,14+/m0/s1. The second-order valence-electron chi connectivity index (χ2n) is 8.98. The van der Waals surface area contributed by atoms with Crippen LogP contribution in [0.3, 0.4) is 0 Å². The summed E-state index contributed by atoms with van der Waals surface area (Å²) in [5, 5.41) is 0.156. The van der Waals surface area contributed by atoms with Gasteiger partial charge in [0.05, 0.1) is 18.8 Å². The van der Waals surface area contributed by atoms with Crippen molar-refractivity contribution in [3.05, 3.63) is 0 Å². The number of hydrogen-bond acceptors (Lipinski definition) is 4. The normalized spacial score (nSPS) is 23.3. The molecule has 0 aromatic carbocycles. The molecular formula is C17H35NO4Si. The van der Waals surface area contributed by atoms with E-state index in [0.29, 0.717) is 13.2 Å². The number of hydrogen-bond donors (Lipinski definition) is 0. The van der Waals surface area contributed by atoms with Gasteiger partial charge in [0.1, 0.15) is 5.60 Å². The van der Waals surface area contributed by atoms with Gasteiger partial charge in [-0.05, 0) is 45.3 Å². The molecule has 2 atom stereocenters. The Morgan fingerprint density at radius 1 is 1.17 bits per heavy atom. The van der Waals surface area contributed by atoms with E-state index in [1.165, 1.54) is 0 Å². The summed E-state index contributed by atoms with van der Waals surface area (Å²) in [6.07, 6.45) is 0.587. The van der Waals surface area contributed by atoms with Gasteiger partial charge in [-0.3, -0.25) is 0 Å². The molecule has 1 aliphatic heterocycles. The third-order valence-corrected chi connectivity index (χ3v) is 9.17. The highest BCUT2D eigenvalue weighted by molar-refractivity contribution is 6.74. The van der Waals surface area contributed by atoms with E-state index in [0.717, 1.165) is 6.42 Å². The highest BCUT2D eigenvalue weighted by atomic mass is 28.4. The van der Waals surface area contributed by atoms with Gasteiger partial charge in [0, 0.05) is 13.7 Å². The lowest BCUT2D eigenvalue weighted by atomic mass is 10.2. The van der Waals surface area contributed by atoms with Crippen LogP contribution in [-0.4, -0.2) is 57.3 Å². The SMILES string of the molecule is COC[C@@H]1C[C@@H](O[Si](C)(C)C(C)(C)C)CN1C(=O)OC(C)(C)C. The van der Waals surface area contributed by atoms with Crippen molar-refractivity contribution in [1.82, 2.24) is 4.90 Å². The number of nitrogens with zero attached hydrogens (tertiary/aromatic N) is 1. The highest BCUT2D eigenvalue weighted by Gasteiger charge is 2.44. The molecule has 1 fully saturated rings. The van der Waals surface area contributed by atoms with Gasteiger partial charge >= 0.3 is 6.09 Å². The molecule has 1 heterocycles. The Balaban J connectivity index is 2.80.